The number of nitrogens with zero attached hydrogens (tertiary/aromatic N) is 4. The number of carbonyl (C=O) groups excluding carboxylic acids is 1. The zero-order valence-corrected chi connectivity index (χ0v) is 23.4. The topological polar surface area (TPSA) is 83.1 Å². The molecular weight excluding hydrogens is 532 g/mol. The van der Waals surface area contributed by atoms with Crippen LogP contribution in [-0.4, -0.2) is 74.4 Å². The number of rotatable bonds is 6. The predicted octanol–water partition coefficient (Wildman–Crippen LogP) is 4.87. The summed E-state index contributed by atoms with van der Waals surface area (Å²) in [6.45, 7) is 4.97. The van der Waals surface area contributed by atoms with Crippen LogP contribution in [0.15, 0.2) is 41.3 Å². The van der Waals surface area contributed by atoms with Gasteiger partial charge in [0.05, 0.1) is 21.7 Å². The van der Waals surface area contributed by atoms with E-state index in [2.05, 4.69) is 4.90 Å². The lowest BCUT2D eigenvalue weighted by atomic mass is 10.0. The van der Waals surface area contributed by atoms with Crippen LogP contribution in [0, 0.1) is 0 Å². The number of benzene rings is 2. The molecule has 3 heterocycles. The molecular formula is C26H31ClN4O4S2. The Kier molecular flexibility index (Phi) is 7.63. The quantitative estimate of drug-likeness (QED) is 0.426. The molecule has 2 aliphatic heterocycles. The van der Waals surface area contributed by atoms with E-state index in [1.54, 1.807) is 40.6 Å². The van der Waals surface area contributed by atoms with E-state index >= 15 is 0 Å². The van der Waals surface area contributed by atoms with Gasteiger partial charge >= 0.3 is 0 Å². The van der Waals surface area contributed by atoms with Crippen LogP contribution in [0.3, 0.4) is 0 Å². The lowest BCUT2D eigenvalue weighted by Gasteiger charge is -2.35. The first-order valence-corrected chi connectivity index (χ1v) is 15.3. The minimum atomic E-state index is -3.57. The fourth-order valence-electron chi connectivity index (χ4n) is 5.13. The van der Waals surface area contributed by atoms with Gasteiger partial charge in [0.2, 0.25) is 10.0 Å². The maximum Gasteiger partial charge on any atom is 0.253 e. The number of fused-ring (bicyclic) bond motifs is 1. The third kappa shape index (κ3) is 5.04. The van der Waals surface area contributed by atoms with Crippen molar-refractivity contribution >= 4 is 54.2 Å². The van der Waals surface area contributed by atoms with Crippen LogP contribution < -0.4 is 9.64 Å². The zero-order chi connectivity index (χ0) is 26.2. The molecule has 0 aliphatic carbocycles. The molecule has 1 atom stereocenters. The van der Waals surface area contributed by atoms with Crippen molar-refractivity contribution in [3.63, 3.8) is 0 Å². The van der Waals surface area contributed by atoms with E-state index in [1.807, 2.05) is 19.1 Å². The Morgan fingerprint density at radius 2 is 1.81 bits per heavy atom. The van der Waals surface area contributed by atoms with Crippen molar-refractivity contribution in [2.45, 2.75) is 43.5 Å². The number of sulfonamides is 1. The van der Waals surface area contributed by atoms with Gasteiger partial charge in [-0.3, -0.25) is 4.79 Å². The van der Waals surface area contributed by atoms with Crippen molar-refractivity contribution < 1.29 is 17.9 Å². The normalized spacial score (nSPS) is 19.4. The summed E-state index contributed by atoms with van der Waals surface area (Å²) in [6.07, 6.45) is 3.65. The summed E-state index contributed by atoms with van der Waals surface area (Å²) in [5.74, 6) is 0.591. The second-order valence-corrected chi connectivity index (χ2v) is 12.7. The zero-order valence-electron chi connectivity index (χ0n) is 21.0. The predicted molar refractivity (Wildman–Crippen MR) is 148 cm³/mol. The molecule has 198 valence electrons. The average molecular weight is 563 g/mol. The van der Waals surface area contributed by atoms with Gasteiger partial charge in [0.15, 0.2) is 5.13 Å². The summed E-state index contributed by atoms with van der Waals surface area (Å²) in [5.41, 5.74) is 1.24. The number of amides is 1. The van der Waals surface area contributed by atoms with Crippen molar-refractivity contribution in [3.8, 4) is 5.75 Å². The molecule has 1 amide bonds. The highest BCUT2D eigenvalue weighted by molar-refractivity contribution is 7.89. The number of aromatic nitrogens is 1. The van der Waals surface area contributed by atoms with Gasteiger partial charge in [-0.15, -0.1) is 0 Å². The minimum absolute atomic E-state index is 0.0453. The van der Waals surface area contributed by atoms with Crippen molar-refractivity contribution in [3.05, 3.63) is 47.0 Å². The van der Waals surface area contributed by atoms with Crippen LogP contribution in [0.2, 0.25) is 5.02 Å². The number of piperidine rings is 1. The monoisotopic (exact) mass is 562 g/mol. The summed E-state index contributed by atoms with van der Waals surface area (Å²) < 4.78 is 34.4. The van der Waals surface area contributed by atoms with Crippen LogP contribution >= 0.6 is 22.9 Å². The van der Waals surface area contributed by atoms with Crippen LogP contribution in [0.25, 0.3) is 10.2 Å². The van der Waals surface area contributed by atoms with E-state index in [1.165, 1.54) is 11.3 Å². The fraction of sp³-hybridized carbons (Fsp3) is 0.462. The second kappa shape index (κ2) is 10.8. The van der Waals surface area contributed by atoms with Gasteiger partial charge in [-0.25, -0.2) is 13.4 Å². The Morgan fingerprint density at radius 1 is 1.08 bits per heavy atom. The highest BCUT2D eigenvalue weighted by atomic mass is 35.5. The third-order valence-corrected chi connectivity index (χ3v) is 10.8. The molecule has 0 spiro atoms. The highest BCUT2D eigenvalue weighted by Crippen LogP contribution is 2.39. The molecule has 1 unspecified atom stereocenters. The van der Waals surface area contributed by atoms with E-state index in [0.717, 1.165) is 41.0 Å². The molecule has 37 heavy (non-hydrogen) atoms. The Bertz CT molecular complexity index is 1390. The number of anilines is 1. The number of piperazine rings is 1. The van der Waals surface area contributed by atoms with Gasteiger partial charge in [-0.05, 0) is 55.7 Å². The fourth-order valence-corrected chi connectivity index (χ4v) is 8.20. The molecule has 2 saturated heterocycles. The molecule has 5 rings (SSSR count). The Morgan fingerprint density at radius 3 is 2.49 bits per heavy atom. The van der Waals surface area contributed by atoms with Crippen molar-refractivity contribution in [1.82, 2.24) is 14.2 Å². The molecule has 3 aromatic rings. The average Bonchev–Trinajstić information content (AvgIpc) is 3.39. The lowest BCUT2D eigenvalue weighted by Crippen LogP contribution is -2.48. The summed E-state index contributed by atoms with van der Waals surface area (Å²) in [6, 6.07) is 10.1. The second-order valence-electron chi connectivity index (χ2n) is 9.40. The first-order chi connectivity index (χ1) is 17.8. The van der Waals surface area contributed by atoms with Gasteiger partial charge in [-0.1, -0.05) is 36.3 Å². The minimum Gasteiger partial charge on any atom is -0.494 e. The molecule has 0 radical (unpaired) electrons. The standard InChI is InChI=1S/C26H31ClN4O4S2/c1-3-19-6-4-5-13-31(19)37(33,34)20-9-7-18(8-10-20)25(32)29-14-16-30(17-15-29)26-28-23-22(35-2)12-11-21(27)24(23)36-26/h7-12,19H,3-6,13-17H2,1-2H3. The Labute approximate surface area is 226 Å². The van der Waals surface area contributed by atoms with E-state index < -0.39 is 10.0 Å². The number of thiazole rings is 1. The van der Waals surface area contributed by atoms with Crippen molar-refractivity contribution in [1.29, 1.82) is 0 Å². The SMILES string of the molecule is CCC1CCCCN1S(=O)(=O)c1ccc(C(=O)N2CCN(c3nc4c(OC)ccc(Cl)c4s3)CC2)cc1. The van der Waals surface area contributed by atoms with Crippen molar-refractivity contribution in [2.24, 2.45) is 0 Å². The van der Waals surface area contributed by atoms with Crippen LogP contribution in [-0.2, 0) is 10.0 Å². The van der Waals surface area contributed by atoms with Gasteiger partial charge < -0.3 is 14.5 Å². The summed E-state index contributed by atoms with van der Waals surface area (Å²) in [7, 11) is -1.96. The lowest BCUT2D eigenvalue weighted by molar-refractivity contribution is 0.0746. The first kappa shape index (κ1) is 26.2. The van der Waals surface area contributed by atoms with Crippen molar-refractivity contribution in [2.75, 3.05) is 44.7 Å². The van der Waals surface area contributed by atoms with E-state index in [0.29, 0.717) is 49.1 Å². The summed E-state index contributed by atoms with van der Waals surface area (Å²) in [5, 5.41) is 1.50. The number of methoxy groups -OCH3 is 1. The van der Waals surface area contributed by atoms with E-state index in [4.69, 9.17) is 21.3 Å². The highest BCUT2D eigenvalue weighted by Gasteiger charge is 2.33. The summed E-state index contributed by atoms with van der Waals surface area (Å²) in [4.78, 5) is 22.1. The number of ether oxygens (including phenoxy) is 1. The number of carbonyl (C=O) groups is 1. The molecule has 0 saturated carbocycles. The molecule has 0 bridgehead atoms. The molecule has 11 heteroatoms. The largest absolute Gasteiger partial charge is 0.494 e. The molecule has 1 aromatic heterocycles. The third-order valence-electron chi connectivity index (χ3n) is 7.26. The maximum atomic E-state index is 13.2. The van der Waals surface area contributed by atoms with Gasteiger partial charge in [0.25, 0.3) is 5.91 Å². The number of halogens is 1. The van der Waals surface area contributed by atoms with Crippen LogP contribution in [0.1, 0.15) is 43.0 Å². The summed E-state index contributed by atoms with van der Waals surface area (Å²) >= 11 is 7.89. The number of hydrogen-bond donors (Lipinski definition) is 0. The molecule has 0 N–H and O–H groups in total. The molecule has 8 nitrogen and oxygen atoms in total. The molecule has 2 fully saturated rings. The van der Waals surface area contributed by atoms with Gasteiger partial charge in [-0.2, -0.15) is 4.31 Å². The first-order valence-electron chi connectivity index (χ1n) is 12.6. The van der Waals surface area contributed by atoms with Gasteiger partial charge in [0, 0.05) is 44.3 Å². The van der Waals surface area contributed by atoms with E-state index in [9.17, 15) is 13.2 Å². The van der Waals surface area contributed by atoms with Crippen LogP contribution in [0.4, 0.5) is 5.13 Å². The number of hydrogen-bond acceptors (Lipinski definition) is 7. The van der Waals surface area contributed by atoms with E-state index in [-0.39, 0.29) is 16.8 Å². The Balaban J connectivity index is 1.25. The molecule has 2 aromatic carbocycles. The van der Waals surface area contributed by atoms with Crippen LogP contribution in [0.5, 0.6) is 5.75 Å². The molecule has 2 aliphatic rings. The Hall–Kier alpha value is -2.40. The smallest absolute Gasteiger partial charge is 0.253 e. The maximum absolute atomic E-state index is 13.2. The van der Waals surface area contributed by atoms with Gasteiger partial charge in [0.1, 0.15) is 11.3 Å².